The van der Waals surface area contributed by atoms with Gasteiger partial charge in [-0.15, -0.1) is 0 Å². The first-order valence-corrected chi connectivity index (χ1v) is 7.34. The van der Waals surface area contributed by atoms with Gasteiger partial charge in [0.1, 0.15) is 5.78 Å². The van der Waals surface area contributed by atoms with Gasteiger partial charge in [0.05, 0.1) is 0 Å². The molecule has 0 bridgehead atoms. The van der Waals surface area contributed by atoms with Crippen LogP contribution < -0.4 is 5.73 Å². The van der Waals surface area contributed by atoms with Crippen molar-refractivity contribution in [2.24, 2.45) is 17.6 Å². The molecular weight excluding hydrogens is 234 g/mol. The van der Waals surface area contributed by atoms with Crippen LogP contribution in [0.3, 0.4) is 0 Å². The van der Waals surface area contributed by atoms with Crippen molar-refractivity contribution in [1.82, 2.24) is 0 Å². The Bertz CT molecular complexity index is 381. The summed E-state index contributed by atoms with van der Waals surface area (Å²) >= 11 is 0. The van der Waals surface area contributed by atoms with E-state index in [1.165, 1.54) is 5.56 Å². The second-order valence-electron chi connectivity index (χ2n) is 5.82. The fraction of sp³-hybridized carbons (Fsp3) is 0.588. The summed E-state index contributed by atoms with van der Waals surface area (Å²) in [4.78, 5) is 12.1. The van der Waals surface area contributed by atoms with Crippen molar-refractivity contribution in [2.75, 3.05) is 6.54 Å². The van der Waals surface area contributed by atoms with Gasteiger partial charge in [0, 0.05) is 12.8 Å². The number of hydrogen-bond donors (Lipinski definition) is 1. The van der Waals surface area contributed by atoms with Gasteiger partial charge in [0.15, 0.2) is 0 Å². The number of ketones is 1. The third-order valence-corrected chi connectivity index (χ3v) is 3.49. The first-order valence-electron chi connectivity index (χ1n) is 7.34. The molecule has 0 amide bonds. The maximum atomic E-state index is 12.1. The summed E-state index contributed by atoms with van der Waals surface area (Å²) in [6.07, 6.45) is 3.23. The van der Waals surface area contributed by atoms with E-state index in [4.69, 9.17) is 5.73 Å². The Balaban J connectivity index is 2.49. The minimum absolute atomic E-state index is 0.306. The van der Waals surface area contributed by atoms with Crippen molar-refractivity contribution in [3.63, 3.8) is 0 Å². The molecule has 0 aromatic heterocycles. The van der Waals surface area contributed by atoms with E-state index in [2.05, 4.69) is 45.0 Å². The molecule has 2 N–H and O–H groups in total. The molecule has 0 saturated heterocycles. The summed E-state index contributed by atoms with van der Waals surface area (Å²) in [6.45, 7) is 7.10. The molecule has 1 unspecified atom stereocenters. The van der Waals surface area contributed by atoms with E-state index in [1.807, 2.05) is 0 Å². The molecule has 1 rings (SSSR count). The Kier molecular flexibility index (Phi) is 6.79. The van der Waals surface area contributed by atoms with Gasteiger partial charge < -0.3 is 5.73 Å². The van der Waals surface area contributed by atoms with Crippen LogP contribution in [0.2, 0.25) is 0 Å². The number of Topliss-reactive ketones (excluding diaryl/α,β-unsaturated/α-hetero) is 1. The van der Waals surface area contributed by atoms with Crippen molar-refractivity contribution < 1.29 is 4.79 Å². The largest absolute Gasteiger partial charge is 0.330 e. The predicted octanol–water partition coefficient (Wildman–Crippen LogP) is 3.37. The number of benzene rings is 1. The van der Waals surface area contributed by atoms with E-state index in [-0.39, 0.29) is 0 Å². The molecular formula is C17H27NO. The lowest BCUT2D eigenvalue weighted by atomic mass is 9.91. The molecule has 2 nitrogen and oxygen atoms in total. The van der Waals surface area contributed by atoms with Gasteiger partial charge >= 0.3 is 0 Å². The van der Waals surface area contributed by atoms with E-state index in [0.29, 0.717) is 37.0 Å². The van der Waals surface area contributed by atoms with Gasteiger partial charge in [-0.05, 0) is 42.3 Å². The molecule has 1 aromatic carbocycles. The highest BCUT2D eigenvalue weighted by Gasteiger charge is 2.14. The number of hydrogen-bond acceptors (Lipinski definition) is 2. The van der Waals surface area contributed by atoms with Crippen molar-refractivity contribution >= 4 is 5.78 Å². The van der Waals surface area contributed by atoms with Crippen molar-refractivity contribution in [1.29, 1.82) is 0 Å². The maximum absolute atomic E-state index is 12.1. The molecule has 2 heteroatoms. The Morgan fingerprint density at radius 2 is 1.74 bits per heavy atom. The highest BCUT2D eigenvalue weighted by molar-refractivity contribution is 5.81. The Morgan fingerprint density at radius 1 is 1.16 bits per heavy atom. The SMILES string of the molecule is CCc1ccc(CC(=O)CC(CN)CC(C)C)cc1. The monoisotopic (exact) mass is 261 g/mol. The smallest absolute Gasteiger partial charge is 0.137 e. The zero-order valence-electron chi connectivity index (χ0n) is 12.5. The van der Waals surface area contributed by atoms with Gasteiger partial charge in [0.2, 0.25) is 0 Å². The highest BCUT2D eigenvalue weighted by Crippen LogP contribution is 2.16. The van der Waals surface area contributed by atoms with E-state index >= 15 is 0 Å². The lowest BCUT2D eigenvalue weighted by Crippen LogP contribution is -2.20. The molecule has 1 aromatic rings. The van der Waals surface area contributed by atoms with Crippen molar-refractivity contribution in [3.05, 3.63) is 35.4 Å². The molecule has 0 aliphatic rings. The molecule has 0 spiro atoms. The molecule has 0 aliphatic carbocycles. The third-order valence-electron chi connectivity index (χ3n) is 3.49. The molecule has 106 valence electrons. The topological polar surface area (TPSA) is 43.1 Å². The number of carbonyl (C=O) groups excluding carboxylic acids is 1. The fourth-order valence-corrected chi connectivity index (χ4v) is 2.44. The lowest BCUT2D eigenvalue weighted by Gasteiger charge is -2.16. The van der Waals surface area contributed by atoms with Crippen LogP contribution in [0.15, 0.2) is 24.3 Å². The normalized spacial score (nSPS) is 12.7. The van der Waals surface area contributed by atoms with Crippen LogP contribution in [0.4, 0.5) is 0 Å². The Morgan fingerprint density at radius 3 is 2.21 bits per heavy atom. The Hall–Kier alpha value is -1.15. The van der Waals surface area contributed by atoms with E-state index in [0.717, 1.165) is 18.4 Å². The fourth-order valence-electron chi connectivity index (χ4n) is 2.44. The average molecular weight is 261 g/mol. The molecule has 0 saturated carbocycles. The lowest BCUT2D eigenvalue weighted by molar-refractivity contribution is -0.119. The van der Waals surface area contributed by atoms with Crippen LogP contribution in [-0.4, -0.2) is 12.3 Å². The van der Waals surface area contributed by atoms with E-state index in [1.54, 1.807) is 0 Å². The summed E-state index contributed by atoms with van der Waals surface area (Å²) in [5.74, 6) is 1.24. The minimum Gasteiger partial charge on any atom is -0.330 e. The number of carbonyl (C=O) groups is 1. The third kappa shape index (κ3) is 6.02. The van der Waals surface area contributed by atoms with Crippen LogP contribution >= 0.6 is 0 Å². The zero-order chi connectivity index (χ0) is 14.3. The Labute approximate surface area is 117 Å². The van der Waals surface area contributed by atoms with Gasteiger partial charge in [-0.2, -0.15) is 0 Å². The number of rotatable bonds is 8. The maximum Gasteiger partial charge on any atom is 0.137 e. The molecule has 0 heterocycles. The zero-order valence-corrected chi connectivity index (χ0v) is 12.5. The number of aryl methyl sites for hydroxylation is 1. The van der Waals surface area contributed by atoms with Gasteiger partial charge in [-0.3, -0.25) is 4.79 Å². The van der Waals surface area contributed by atoms with Crippen LogP contribution in [-0.2, 0) is 17.6 Å². The molecule has 0 fully saturated rings. The second-order valence-corrected chi connectivity index (χ2v) is 5.82. The summed E-state index contributed by atoms with van der Waals surface area (Å²) in [5, 5.41) is 0. The molecule has 1 atom stereocenters. The van der Waals surface area contributed by atoms with Gasteiger partial charge in [-0.1, -0.05) is 45.0 Å². The first kappa shape index (κ1) is 15.9. The van der Waals surface area contributed by atoms with Crippen LogP contribution in [0.5, 0.6) is 0 Å². The quantitative estimate of drug-likeness (QED) is 0.779. The molecule has 0 radical (unpaired) electrons. The summed E-state index contributed by atoms with van der Waals surface area (Å²) in [7, 11) is 0. The summed E-state index contributed by atoms with van der Waals surface area (Å²) < 4.78 is 0. The number of nitrogens with two attached hydrogens (primary N) is 1. The first-order chi connectivity index (χ1) is 9.05. The predicted molar refractivity (Wildman–Crippen MR) is 81.1 cm³/mol. The minimum atomic E-state index is 0.306. The van der Waals surface area contributed by atoms with Gasteiger partial charge in [-0.25, -0.2) is 0 Å². The van der Waals surface area contributed by atoms with E-state index < -0.39 is 0 Å². The van der Waals surface area contributed by atoms with Crippen molar-refractivity contribution in [3.8, 4) is 0 Å². The highest BCUT2D eigenvalue weighted by atomic mass is 16.1. The van der Waals surface area contributed by atoms with E-state index in [9.17, 15) is 4.79 Å². The summed E-state index contributed by atoms with van der Waals surface area (Å²) in [6, 6.07) is 8.35. The van der Waals surface area contributed by atoms with Crippen LogP contribution in [0, 0.1) is 11.8 Å². The standard InChI is InChI=1S/C17H27NO/c1-4-14-5-7-15(8-6-14)10-17(19)11-16(12-18)9-13(2)3/h5-8,13,16H,4,9-12,18H2,1-3H3. The second kappa shape index (κ2) is 8.11. The molecule has 19 heavy (non-hydrogen) atoms. The average Bonchev–Trinajstić information content (AvgIpc) is 2.38. The van der Waals surface area contributed by atoms with Gasteiger partial charge in [0.25, 0.3) is 0 Å². The van der Waals surface area contributed by atoms with Crippen LogP contribution in [0.25, 0.3) is 0 Å². The molecule has 0 aliphatic heterocycles. The van der Waals surface area contributed by atoms with Crippen molar-refractivity contribution in [2.45, 2.75) is 46.5 Å². The van der Waals surface area contributed by atoms with Crippen LogP contribution in [0.1, 0.15) is 44.7 Å². The summed E-state index contributed by atoms with van der Waals surface area (Å²) in [5.41, 5.74) is 8.18.